The predicted molar refractivity (Wildman–Crippen MR) is 74.8 cm³/mol. The van der Waals surface area contributed by atoms with Crippen molar-refractivity contribution in [1.29, 1.82) is 0 Å². The quantitative estimate of drug-likeness (QED) is 0.915. The van der Waals surface area contributed by atoms with Crippen LogP contribution in [-0.2, 0) is 6.61 Å². The number of benzene rings is 2. The van der Waals surface area contributed by atoms with E-state index in [-0.39, 0.29) is 11.9 Å². The third-order valence-electron chi connectivity index (χ3n) is 2.79. The monoisotopic (exact) mass is 279 g/mol. The minimum atomic E-state index is -0.261. The lowest BCUT2D eigenvalue weighted by Gasteiger charge is -2.11. The van der Waals surface area contributed by atoms with Crippen molar-refractivity contribution < 1.29 is 9.13 Å². The van der Waals surface area contributed by atoms with Crippen molar-refractivity contribution in [3.8, 4) is 5.75 Å². The average molecular weight is 280 g/mol. The molecule has 0 spiro atoms. The van der Waals surface area contributed by atoms with Crippen LogP contribution >= 0.6 is 11.6 Å². The fraction of sp³-hybridized carbons (Fsp3) is 0.200. The topological polar surface area (TPSA) is 35.2 Å². The summed E-state index contributed by atoms with van der Waals surface area (Å²) in [6.45, 7) is 2.24. The standard InChI is InChI=1S/C15H15ClFNO/c1-10(18)12-4-7-15(14(16)8-12)19-9-11-2-5-13(17)6-3-11/h2-8,10H,9,18H2,1H3/t10-/m0/s1. The maximum Gasteiger partial charge on any atom is 0.138 e. The fourth-order valence-corrected chi connectivity index (χ4v) is 1.90. The van der Waals surface area contributed by atoms with Gasteiger partial charge < -0.3 is 10.5 Å². The smallest absolute Gasteiger partial charge is 0.138 e. The molecular formula is C15H15ClFNO. The van der Waals surface area contributed by atoms with Gasteiger partial charge in [-0.1, -0.05) is 29.8 Å². The molecule has 4 heteroatoms. The molecule has 2 nitrogen and oxygen atoms in total. The normalized spacial score (nSPS) is 12.2. The minimum absolute atomic E-state index is 0.0661. The van der Waals surface area contributed by atoms with Crippen LogP contribution in [-0.4, -0.2) is 0 Å². The van der Waals surface area contributed by atoms with E-state index in [0.717, 1.165) is 11.1 Å². The van der Waals surface area contributed by atoms with E-state index in [9.17, 15) is 4.39 Å². The summed E-state index contributed by atoms with van der Waals surface area (Å²) in [4.78, 5) is 0. The molecule has 0 fully saturated rings. The zero-order valence-corrected chi connectivity index (χ0v) is 11.3. The molecule has 100 valence electrons. The molecule has 0 amide bonds. The fourth-order valence-electron chi connectivity index (χ4n) is 1.66. The summed E-state index contributed by atoms with van der Waals surface area (Å²) < 4.78 is 18.4. The maximum atomic E-state index is 12.8. The molecular weight excluding hydrogens is 265 g/mol. The van der Waals surface area contributed by atoms with Crippen LogP contribution < -0.4 is 10.5 Å². The first kappa shape index (κ1) is 13.8. The third kappa shape index (κ3) is 3.69. The van der Waals surface area contributed by atoms with Gasteiger partial charge in [0.1, 0.15) is 18.2 Å². The van der Waals surface area contributed by atoms with Crippen molar-refractivity contribution >= 4 is 11.6 Å². The van der Waals surface area contributed by atoms with Gasteiger partial charge >= 0.3 is 0 Å². The molecule has 0 bridgehead atoms. The van der Waals surface area contributed by atoms with Gasteiger partial charge in [-0.05, 0) is 42.3 Å². The molecule has 2 aromatic carbocycles. The van der Waals surface area contributed by atoms with E-state index in [1.54, 1.807) is 24.3 Å². The summed E-state index contributed by atoms with van der Waals surface area (Å²) in [6, 6.07) is 11.6. The van der Waals surface area contributed by atoms with Crippen LogP contribution in [0.15, 0.2) is 42.5 Å². The number of hydrogen-bond acceptors (Lipinski definition) is 2. The van der Waals surface area contributed by atoms with E-state index >= 15 is 0 Å². The van der Waals surface area contributed by atoms with Gasteiger partial charge in [0.2, 0.25) is 0 Å². The van der Waals surface area contributed by atoms with Crippen LogP contribution in [0.1, 0.15) is 24.1 Å². The van der Waals surface area contributed by atoms with E-state index in [2.05, 4.69) is 0 Å². The highest BCUT2D eigenvalue weighted by molar-refractivity contribution is 6.32. The van der Waals surface area contributed by atoms with Gasteiger partial charge in [0.25, 0.3) is 0 Å². The Labute approximate surface area is 117 Å². The van der Waals surface area contributed by atoms with E-state index in [1.165, 1.54) is 12.1 Å². The second-order valence-electron chi connectivity index (χ2n) is 4.39. The lowest BCUT2D eigenvalue weighted by Crippen LogP contribution is -2.05. The van der Waals surface area contributed by atoms with Gasteiger partial charge in [-0.3, -0.25) is 0 Å². The van der Waals surface area contributed by atoms with E-state index in [4.69, 9.17) is 22.1 Å². The Morgan fingerprint density at radius 2 is 1.89 bits per heavy atom. The summed E-state index contributed by atoms with van der Waals surface area (Å²) in [5, 5.41) is 0.525. The Bertz CT molecular complexity index is 555. The molecule has 2 aromatic rings. The van der Waals surface area contributed by atoms with Gasteiger partial charge in [-0.25, -0.2) is 4.39 Å². The molecule has 1 atom stereocenters. The van der Waals surface area contributed by atoms with E-state index < -0.39 is 0 Å². The van der Waals surface area contributed by atoms with Crippen LogP contribution in [0, 0.1) is 5.82 Å². The van der Waals surface area contributed by atoms with Crippen molar-refractivity contribution in [2.24, 2.45) is 5.73 Å². The third-order valence-corrected chi connectivity index (χ3v) is 3.08. The summed E-state index contributed by atoms with van der Waals surface area (Å²) >= 11 is 6.12. The Morgan fingerprint density at radius 3 is 2.47 bits per heavy atom. The summed E-state index contributed by atoms with van der Waals surface area (Å²) in [5.74, 6) is 0.332. The number of rotatable bonds is 4. The van der Waals surface area contributed by atoms with E-state index in [1.807, 2.05) is 13.0 Å². The second kappa shape index (κ2) is 6.04. The van der Waals surface area contributed by atoms with Crippen molar-refractivity contribution in [2.75, 3.05) is 0 Å². The zero-order chi connectivity index (χ0) is 13.8. The number of hydrogen-bond donors (Lipinski definition) is 1. The Morgan fingerprint density at radius 1 is 1.21 bits per heavy atom. The van der Waals surface area contributed by atoms with Crippen LogP contribution in [0.25, 0.3) is 0 Å². The number of halogens is 2. The molecule has 0 aliphatic carbocycles. The van der Waals surface area contributed by atoms with Gasteiger partial charge in [0.05, 0.1) is 5.02 Å². The van der Waals surface area contributed by atoms with Gasteiger partial charge in [-0.2, -0.15) is 0 Å². The van der Waals surface area contributed by atoms with Gasteiger partial charge in [-0.15, -0.1) is 0 Å². The molecule has 19 heavy (non-hydrogen) atoms. The lowest BCUT2D eigenvalue weighted by atomic mass is 10.1. The van der Waals surface area contributed by atoms with Crippen LogP contribution in [0.3, 0.4) is 0 Å². The highest BCUT2D eigenvalue weighted by atomic mass is 35.5. The first-order valence-corrected chi connectivity index (χ1v) is 6.36. The highest BCUT2D eigenvalue weighted by Crippen LogP contribution is 2.28. The molecule has 2 rings (SSSR count). The molecule has 0 heterocycles. The van der Waals surface area contributed by atoms with Crippen LogP contribution in [0.2, 0.25) is 5.02 Å². The molecule has 0 aliphatic heterocycles. The average Bonchev–Trinajstić information content (AvgIpc) is 2.39. The summed E-state index contributed by atoms with van der Waals surface area (Å²) in [5.41, 5.74) is 7.62. The Kier molecular flexibility index (Phi) is 4.40. The number of nitrogens with two attached hydrogens (primary N) is 1. The van der Waals surface area contributed by atoms with E-state index in [0.29, 0.717) is 17.4 Å². The molecule has 0 saturated heterocycles. The second-order valence-corrected chi connectivity index (χ2v) is 4.80. The minimum Gasteiger partial charge on any atom is -0.487 e. The molecule has 0 saturated carbocycles. The van der Waals surface area contributed by atoms with Crippen molar-refractivity contribution in [2.45, 2.75) is 19.6 Å². The lowest BCUT2D eigenvalue weighted by molar-refractivity contribution is 0.306. The maximum absolute atomic E-state index is 12.8. The van der Waals surface area contributed by atoms with Crippen LogP contribution in [0.5, 0.6) is 5.75 Å². The summed E-state index contributed by atoms with van der Waals surface area (Å²) in [7, 11) is 0. The first-order valence-electron chi connectivity index (χ1n) is 5.98. The molecule has 0 radical (unpaired) electrons. The first-order chi connectivity index (χ1) is 9.06. The SMILES string of the molecule is C[C@H](N)c1ccc(OCc2ccc(F)cc2)c(Cl)c1. The molecule has 2 N–H and O–H groups in total. The van der Waals surface area contributed by atoms with Crippen LogP contribution in [0.4, 0.5) is 4.39 Å². The Hall–Kier alpha value is -1.58. The zero-order valence-electron chi connectivity index (χ0n) is 10.6. The number of ether oxygens (including phenoxy) is 1. The van der Waals surface area contributed by atoms with Gasteiger partial charge in [0.15, 0.2) is 0 Å². The highest BCUT2D eigenvalue weighted by Gasteiger charge is 2.06. The molecule has 0 aromatic heterocycles. The summed E-state index contributed by atoms with van der Waals surface area (Å²) in [6.07, 6.45) is 0. The van der Waals surface area contributed by atoms with Crippen molar-refractivity contribution in [1.82, 2.24) is 0 Å². The Balaban J connectivity index is 2.05. The predicted octanol–water partition coefficient (Wildman–Crippen LogP) is 4.08. The molecule has 0 aliphatic rings. The van der Waals surface area contributed by atoms with Crippen molar-refractivity contribution in [3.05, 3.63) is 64.4 Å². The largest absolute Gasteiger partial charge is 0.487 e. The van der Waals surface area contributed by atoms with Gasteiger partial charge in [0, 0.05) is 6.04 Å². The molecule has 0 unspecified atom stereocenters. The van der Waals surface area contributed by atoms with Crippen molar-refractivity contribution in [3.63, 3.8) is 0 Å².